The molecule has 192 valence electrons. The van der Waals surface area contributed by atoms with Gasteiger partial charge in [-0.05, 0) is 55.5 Å². The molecular formula is C28H30N4O4S. The van der Waals surface area contributed by atoms with E-state index in [0.717, 1.165) is 16.8 Å². The summed E-state index contributed by atoms with van der Waals surface area (Å²) in [6.45, 7) is 0.433. The molecule has 8 nitrogen and oxygen atoms in total. The standard InChI is InChI=1S/C28H30N4O4S/c33-27-19-32(26(18-30-27)21-6-2-1-3-7-21)28(34)22-9-13-23(14-10-22)31-37(35,36)24-15-11-20(12-16-24)25-8-4-5-17-29-25/h1-8,11-12,15-17,22-23,26,31H,9-10,13-14,18-19H2,(H,30,33)/t22-,23-,26-/m1/s1. The number of rotatable bonds is 6. The Morgan fingerprint density at radius 3 is 2.30 bits per heavy atom. The van der Waals surface area contributed by atoms with Gasteiger partial charge in [0.15, 0.2) is 0 Å². The third-order valence-electron chi connectivity index (χ3n) is 7.17. The SMILES string of the molecule is O=C1CN(C(=O)[C@H]2CC[C@H](NS(=O)(=O)c3ccc(-c4ccccn4)cc3)CC2)[C@@H](c2ccccc2)CN1. The lowest BCUT2D eigenvalue weighted by atomic mass is 9.85. The predicted octanol–water partition coefficient (Wildman–Crippen LogP) is 3.29. The molecule has 9 heteroatoms. The Morgan fingerprint density at radius 2 is 1.62 bits per heavy atom. The third kappa shape index (κ3) is 5.73. The van der Waals surface area contributed by atoms with Crippen molar-refractivity contribution in [3.63, 3.8) is 0 Å². The minimum Gasteiger partial charge on any atom is -0.352 e. The number of carbonyl (C=O) groups is 2. The van der Waals surface area contributed by atoms with Gasteiger partial charge in [-0.3, -0.25) is 14.6 Å². The Morgan fingerprint density at radius 1 is 0.919 bits per heavy atom. The predicted molar refractivity (Wildman–Crippen MR) is 140 cm³/mol. The highest BCUT2D eigenvalue weighted by Gasteiger charge is 2.37. The number of hydrogen-bond acceptors (Lipinski definition) is 5. The number of nitrogens with zero attached hydrogens (tertiary/aromatic N) is 2. The first-order valence-electron chi connectivity index (χ1n) is 12.6. The van der Waals surface area contributed by atoms with E-state index in [1.54, 1.807) is 35.4 Å². The second-order valence-corrected chi connectivity index (χ2v) is 11.3. The lowest BCUT2D eigenvalue weighted by Crippen LogP contribution is -2.54. The van der Waals surface area contributed by atoms with Crippen LogP contribution in [0.5, 0.6) is 0 Å². The van der Waals surface area contributed by atoms with Crippen LogP contribution >= 0.6 is 0 Å². The second kappa shape index (κ2) is 10.8. The van der Waals surface area contributed by atoms with E-state index in [1.165, 1.54) is 0 Å². The van der Waals surface area contributed by atoms with Gasteiger partial charge in [-0.2, -0.15) is 0 Å². The van der Waals surface area contributed by atoms with E-state index < -0.39 is 10.0 Å². The Bertz CT molecular complexity index is 1340. The number of aromatic nitrogens is 1. The first kappa shape index (κ1) is 25.1. The molecule has 2 heterocycles. The smallest absolute Gasteiger partial charge is 0.240 e. The molecule has 1 saturated heterocycles. The quantitative estimate of drug-likeness (QED) is 0.521. The van der Waals surface area contributed by atoms with Gasteiger partial charge >= 0.3 is 0 Å². The van der Waals surface area contributed by atoms with Gasteiger partial charge in [0.25, 0.3) is 0 Å². The summed E-state index contributed by atoms with van der Waals surface area (Å²) in [5, 5.41) is 2.87. The van der Waals surface area contributed by atoms with Gasteiger partial charge in [0.05, 0.1) is 16.6 Å². The fourth-order valence-electron chi connectivity index (χ4n) is 5.16. The number of pyridine rings is 1. The van der Waals surface area contributed by atoms with Crippen LogP contribution in [0.3, 0.4) is 0 Å². The van der Waals surface area contributed by atoms with Crippen LogP contribution in [0.25, 0.3) is 11.3 Å². The molecule has 2 N–H and O–H groups in total. The molecule has 2 aliphatic rings. The van der Waals surface area contributed by atoms with Crippen molar-refractivity contribution in [3.05, 3.63) is 84.6 Å². The maximum atomic E-state index is 13.4. The zero-order valence-electron chi connectivity index (χ0n) is 20.4. The van der Waals surface area contributed by atoms with Crippen LogP contribution in [-0.2, 0) is 19.6 Å². The van der Waals surface area contributed by atoms with Gasteiger partial charge in [0.2, 0.25) is 21.8 Å². The summed E-state index contributed by atoms with van der Waals surface area (Å²) in [6, 6.07) is 21.6. The summed E-state index contributed by atoms with van der Waals surface area (Å²) in [7, 11) is -3.69. The Balaban J connectivity index is 1.20. The summed E-state index contributed by atoms with van der Waals surface area (Å²) in [5.41, 5.74) is 2.62. The molecule has 5 rings (SSSR count). The molecule has 1 aliphatic carbocycles. The van der Waals surface area contributed by atoms with Crippen LogP contribution in [0.4, 0.5) is 0 Å². The zero-order chi connectivity index (χ0) is 25.8. The molecule has 2 fully saturated rings. The van der Waals surface area contributed by atoms with Gasteiger partial charge in [-0.25, -0.2) is 13.1 Å². The topological polar surface area (TPSA) is 108 Å². The minimum absolute atomic E-state index is 0.0323. The van der Waals surface area contributed by atoms with Gasteiger partial charge in [0, 0.05) is 30.3 Å². The number of carbonyl (C=O) groups excluding carboxylic acids is 2. The molecule has 3 aromatic rings. The zero-order valence-corrected chi connectivity index (χ0v) is 21.2. The van der Waals surface area contributed by atoms with E-state index in [0.29, 0.717) is 32.2 Å². The largest absolute Gasteiger partial charge is 0.352 e. The van der Waals surface area contributed by atoms with Crippen LogP contribution in [0.2, 0.25) is 0 Å². The van der Waals surface area contributed by atoms with Crippen LogP contribution in [-0.4, -0.2) is 49.2 Å². The highest BCUT2D eigenvalue weighted by molar-refractivity contribution is 7.89. The maximum Gasteiger partial charge on any atom is 0.240 e. The monoisotopic (exact) mass is 518 g/mol. The third-order valence-corrected chi connectivity index (χ3v) is 8.71. The molecular weight excluding hydrogens is 488 g/mol. The first-order valence-corrected chi connectivity index (χ1v) is 14.0. The van der Waals surface area contributed by atoms with E-state index in [1.807, 2.05) is 48.5 Å². The number of amides is 2. The van der Waals surface area contributed by atoms with Crippen molar-refractivity contribution in [2.24, 2.45) is 5.92 Å². The summed E-state index contributed by atoms with van der Waals surface area (Å²) < 4.78 is 28.8. The lowest BCUT2D eigenvalue weighted by molar-refractivity contribution is -0.145. The number of hydrogen-bond donors (Lipinski definition) is 2. The van der Waals surface area contributed by atoms with Crippen molar-refractivity contribution in [1.82, 2.24) is 19.9 Å². The number of sulfonamides is 1. The average molecular weight is 519 g/mol. The van der Waals surface area contributed by atoms with Crippen molar-refractivity contribution in [2.75, 3.05) is 13.1 Å². The number of piperazine rings is 1. The molecule has 2 aromatic carbocycles. The number of nitrogens with one attached hydrogen (secondary N) is 2. The van der Waals surface area contributed by atoms with E-state index in [9.17, 15) is 18.0 Å². The molecule has 1 saturated carbocycles. The van der Waals surface area contributed by atoms with E-state index in [-0.39, 0.29) is 41.3 Å². The minimum atomic E-state index is -3.69. The van der Waals surface area contributed by atoms with Crippen molar-refractivity contribution in [1.29, 1.82) is 0 Å². The summed E-state index contributed by atoms with van der Waals surface area (Å²) in [4.78, 5) is 31.7. The summed E-state index contributed by atoms with van der Waals surface area (Å²) >= 11 is 0. The lowest BCUT2D eigenvalue weighted by Gasteiger charge is -2.39. The maximum absolute atomic E-state index is 13.4. The summed E-state index contributed by atoms with van der Waals surface area (Å²) in [5.74, 6) is -0.415. The van der Waals surface area contributed by atoms with Gasteiger partial charge < -0.3 is 10.2 Å². The van der Waals surface area contributed by atoms with E-state index in [4.69, 9.17) is 0 Å². The molecule has 2 amide bonds. The first-order chi connectivity index (χ1) is 17.9. The molecule has 1 aromatic heterocycles. The fraction of sp³-hybridized carbons (Fsp3) is 0.321. The van der Waals surface area contributed by atoms with Gasteiger partial charge in [-0.15, -0.1) is 0 Å². The Hall–Kier alpha value is -3.56. The van der Waals surface area contributed by atoms with Gasteiger partial charge in [0.1, 0.15) is 6.54 Å². The Labute approximate surface area is 217 Å². The molecule has 0 unspecified atom stereocenters. The van der Waals surface area contributed by atoms with Crippen molar-refractivity contribution < 1.29 is 18.0 Å². The van der Waals surface area contributed by atoms with Crippen molar-refractivity contribution >= 4 is 21.8 Å². The van der Waals surface area contributed by atoms with Crippen LogP contribution in [0.15, 0.2) is 83.9 Å². The van der Waals surface area contributed by atoms with E-state index in [2.05, 4.69) is 15.0 Å². The normalized spacial score (nSPS) is 22.3. The van der Waals surface area contributed by atoms with Crippen LogP contribution in [0.1, 0.15) is 37.3 Å². The molecule has 1 aliphatic heterocycles. The van der Waals surface area contributed by atoms with Crippen molar-refractivity contribution in [3.8, 4) is 11.3 Å². The molecule has 1 atom stereocenters. The molecule has 0 bridgehead atoms. The highest BCUT2D eigenvalue weighted by Crippen LogP contribution is 2.31. The van der Waals surface area contributed by atoms with Crippen LogP contribution in [0, 0.1) is 5.92 Å². The fourth-order valence-corrected chi connectivity index (χ4v) is 6.47. The average Bonchev–Trinajstić information content (AvgIpc) is 2.94. The molecule has 37 heavy (non-hydrogen) atoms. The molecule has 0 radical (unpaired) electrons. The van der Waals surface area contributed by atoms with Crippen molar-refractivity contribution in [2.45, 2.75) is 42.7 Å². The van der Waals surface area contributed by atoms with Crippen LogP contribution < -0.4 is 10.0 Å². The van der Waals surface area contributed by atoms with Gasteiger partial charge in [-0.1, -0.05) is 48.5 Å². The summed E-state index contributed by atoms with van der Waals surface area (Å²) in [6.07, 6.45) is 3.98. The second-order valence-electron chi connectivity index (χ2n) is 9.61. The number of benzene rings is 2. The highest BCUT2D eigenvalue weighted by atomic mass is 32.2. The van der Waals surface area contributed by atoms with E-state index >= 15 is 0 Å². The molecule has 0 spiro atoms. The Kier molecular flexibility index (Phi) is 7.34.